The van der Waals surface area contributed by atoms with Gasteiger partial charge in [-0.25, -0.2) is 0 Å². The van der Waals surface area contributed by atoms with Gasteiger partial charge in [-0.2, -0.15) is 0 Å². The van der Waals surface area contributed by atoms with Gasteiger partial charge in [-0.1, -0.05) is 22.9 Å². The molecule has 0 spiro atoms. The molecule has 0 saturated heterocycles. The van der Waals surface area contributed by atoms with Crippen LogP contribution in [0.15, 0.2) is 27.1 Å². The van der Waals surface area contributed by atoms with E-state index in [1.54, 1.807) is 13.0 Å². The summed E-state index contributed by atoms with van der Waals surface area (Å²) in [6, 6.07) is 5.39. The highest BCUT2D eigenvalue weighted by Gasteiger charge is 2.05. The summed E-state index contributed by atoms with van der Waals surface area (Å²) in [5.74, 6) is 0.318. The van der Waals surface area contributed by atoms with Crippen LogP contribution in [-0.2, 0) is 4.79 Å². The van der Waals surface area contributed by atoms with Crippen LogP contribution in [0.2, 0.25) is 0 Å². The molecule has 70 valence electrons. The van der Waals surface area contributed by atoms with Crippen molar-refractivity contribution in [1.29, 1.82) is 0 Å². The van der Waals surface area contributed by atoms with Crippen LogP contribution in [0.3, 0.4) is 0 Å². The predicted molar refractivity (Wildman–Crippen MR) is 57.8 cm³/mol. The Bertz CT molecular complexity index is 323. The maximum Gasteiger partial charge on any atom is 0.310 e. The number of benzene rings is 1. The van der Waals surface area contributed by atoms with E-state index >= 15 is 0 Å². The number of esters is 1. The van der Waals surface area contributed by atoms with Crippen molar-refractivity contribution in [3.63, 3.8) is 0 Å². The molecule has 0 atom stereocenters. The summed E-state index contributed by atoms with van der Waals surface area (Å²) in [6.07, 6.45) is 0.377. The minimum Gasteiger partial charge on any atom is -0.425 e. The Labute approximate surface area is 93.5 Å². The van der Waals surface area contributed by atoms with Crippen molar-refractivity contribution in [2.45, 2.75) is 13.3 Å². The highest BCUT2D eigenvalue weighted by Crippen LogP contribution is 2.28. The zero-order valence-corrected chi connectivity index (χ0v) is 10.2. The summed E-state index contributed by atoms with van der Waals surface area (Å²) < 4.78 is 6.75. The smallest absolute Gasteiger partial charge is 0.310 e. The predicted octanol–water partition coefficient (Wildman–Crippen LogP) is 3.53. The van der Waals surface area contributed by atoms with E-state index in [1.807, 2.05) is 12.1 Å². The Balaban J connectivity index is 2.83. The van der Waals surface area contributed by atoms with Gasteiger partial charge >= 0.3 is 5.97 Å². The first kappa shape index (κ1) is 10.7. The summed E-state index contributed by atoms with van der Waals surface area (Å²) in [5, 5.41) is 0. The van der Waals surface area contributed by atoms with Gasteiger partial charge in [0.05, 0.1) is 4.47 Å². The molecular formula is C9H8Br2O2. The highest BCUT2D eigenvalue weighted by molar-refractivity contribution is 9.11. The fourth-order valence-corrected chi connectivity index (χ4v) is 1.88. The van der Waals surface area contributed by atoms with Crippen LogP contribution in [0.4, 0.5) is 0 Å². The van der Waals surface area contributed by atoms with E-state index in [0.29, 0.717) is 12.2 Å². The molecule has 0 unspecified atom stereocenters. The van der Waals surface area contributed by atoms with E-state index < -0.39 is 0 Å². The summed E-state index contributed by atoms with van der Waals surface area (Å²) in [5.41, 5.74) is 0. The van der Waals surface area contributed by atoms with Crippen LogP contribution >= 0.6 is 31.9 Å². The lowest BCUT2D eigenvalue weighted by molar-refractivity contribution is -0.134. The Kier molecular flexibility index (Phi) is 3.93. The number of carbonyl (C=O) groups excluding carboxylic acids is 1. The van der Waals surface area contributed by atoms with Crippen LogP contribution in [0.25, 0.3) is 0 Å². The highest BCUT2D eigenvalue weighted by atomic mass is 79.9. The van der Waals surface area contributed by atoms with Crippen LogP contribution in [-0.4, -0.2) is 5.97 Å². The lowest BCUT2D eigenvalue weighted by atomic mass is 10.3. The first-order valence-corrected chi connectivity index (χ1v) is 5.38. The largest absolute Gasteiger partial charge is 0.425 e. The Morgan fingerprint density at radius 3 is 2.69 bits per heavy atom. The average Bonchev–Trinajstić information content (AvgIpc) is 2.09. The van der Waals surface area contributed by atoms with E-state index in [1.165, 1.54) is 0 Å². The average molecular weight is 308 g/mol. The van der Waals surface area contributed by atoms with Crippen molar-refractivity contribution in [3.05, 3.63) is 27.1 Å². The van der Waals surface area contributed by atoms with Crippen LogP contribution in [0.5, 0.6) is 5.75 Å². The maximum atomic E-state index is 11.0. The molecule has 0 amide bonds. The number of ether oxygens (including phenoxy) is 1. The van der Waals surface area contributed by atoms with E-state index in [2.05, 4.69) is 31.9 Å². The Morgan fingerprint density at radius 1 is 1.46 bits per heavy atom. The molecule has 0 radical (unpaired) electrons. The van der Waals surface area contributed by atoms with Gasteiger partial charge in [0.2, 0.25) is 0 Å². The fourth-order valence-electron chi connectivity index (χ4n) is 0.753. The zero-order valence-electron chi connectivity index (χ0n) is 7.01. The molecule has 4 heteroatoms. The molecule has 0 aromatic heterocycles. The zero-order chi connectivity index (χ0) is 9.84. The second kappa shape index (κ2) is 4.77. The molecule has 2 nitrogen and oxygen atoms in total. The molecule has 0 aliphatic carbocycles. The van der Waals surface area contributed by atoms with E-state index in [9.17, 15) is 4.79 Å². The third kappa shape index (κ3) is 3.12. The van der Waals surface area contributed by atoms with Gasteiger partial charge < -0.3 is 4.74 Å². The summed E-state index contributed by atoms with van der Waals surface area (Å²) in [4.78, 5) is 11.0. The van der Waals surface area contributed by atoms with Crippen molar-refractivity contribution in [2.24, 2.45) is 0 Å². The van der Waals surface area contributed by atoms with Crippen molar-refractivity contribution < 1.29 is 9.53 Å². The van der Waals surface area contributed by atoms with Gasteiger partial charge in [-0.05, 0) is 34.1 Å². The van der Waals surface area contributed by atoms with Gasteiger partial charge in [0.15, 0.2) is 0 Å². The third-order valence-electron chi connectivity index (χ3n) is 1.41. The molecule has 0 saturated carbocycles. The number of hydrogen-bond acceptors (Lipinski definition) is 2. The lowest BCUT2D eigenvalue weighted by Crippen LogP contribution is -2.05. The molecule has 0 aliphatic rings. The van der Waals surface area contributed by atoms with Gasteiger partial charge in [0, 0.05) is 10.9 Å². The van der Waals surface area contributed by atoms with Crippen LogP contribution in [0, 0.1) is 0 Å². The summed E-state index contributed by atoms with van der Waals surface area (Å²) >= 11 is 6.61. The summed E-state index contributed by atoms with van der Waals surface area (Å²) in [6.45, 7) is 1.76. The quantitative estimate of drug-likeness (QED) is 0.617. The monoisotopic (exact) mass is 306 g/mol. The lowest BCUT2D eigenvalue weighted by Gasteiger charge is -2.04. The molecule has 1 rings (SSSR count). The molecule has 1 aromatic carbocycles. The van der Waals surface area contributed by atoms with Gasteiger partial charge in [-0.3, -0.25) is 4.79 Å². The van der Waals surface area contributed by atoms with Crippen molar-refractivity contribution in [3.8, 4) is 5.75 Å². The number of rotatable bonds is 2. The molecule has 0 aliphatic heterocycles. The van der Waals surface area contributed by atoms with E-state index in [0.717, 1.165) is 8.95 Å². The molecule has 0 N–H and O–H groups in total. The maximum absolute atomic E-state index is 11.0. The first-order valence-electron chi connectivity index (χ1n) is 3.79. The second-order valence-electron chi connectivity index (χ2n) is 2.40. The first-order chi connectivity index (χ1) is 6.13. The number of carbonyl (C=O) groups is 1. The molecule has 0 fully saturated rings. The van der Waals surface area contributed by atoms with Gasteiger partial charge in [-0.15, -0.1) is 0 Å². The normalized spacial score (nSPS) is 9.77. The van der Waals surface area contributed by atoms with E-state index in [4.69, 9.17) is 4.74 Å². The minimum atomic E-state index is -0.233. The van der Waals surface area contributed by atoms with Crippen LogP contribution < -0.4 is 4.74 Å². The Hall–Kier alpha value is -0.350. The van der Waals surface area contributed by atoms with Crippen LogP contribution in [0.1, 0.15) is 13.3 Å². The van der Waals surface area contributed by atoms with Crippen molar-refractivity contribution in [2.75, 3.05) is 0 Å². The SMILES string of the molecule is CCC(=O)Oc1ccc(Br)cc1Br. The molecule has 13 heavy (non-hydrogen) atoms. The third-order valence-corrected chi connectivity index (χ3v) is 2.52. The number of halogens is 2. The molecule has 1 aromatic rings. The van der Waals surface area contributed by atoms with Crippen molar-refractivity contribution in [1.82, 2.24) is 0 Å². The second-order valence-corrected chi connectivity index (χ2v) is 4.17. The van der Waals surface area contributed by atoms with Gasteiger partial charge in [0.1, 0.15) is 5.75 Å². The minimum absolute atomic E-state index is 0.233. The molecule has 0 bridgehead atoms. The summed E-state index contributed by atoms with van der Waals surface area (Å²) in [7, 11) is 0. The molecule has 0 heterocycles. The Morgan fingerprint density at radius 2 is 2.15 bits per heavy atom. The topological polar surface area (TPSA) is 26.3 Å². The number of hydrogen-bond donors (Lipinski definition) is 0. The van der Waals surface area contributed by atoms with Crippen molar-refractivity contribution >= 4 is 37.8 Å². The fraction of sp³-hybridized carbons (Fsp3) is 0.222. The standard InChI is InChI=1S/C9H8Br2O2/c1-2-9(12)13-8-4-3-6(10)5-7(8)11/h3-5H,2H2,1H3. The molecular weight excluding hydrogens is 300 g/mol. The van der Waals surface area contributed by atoms with E-state index in [-0.39, 0.29) is 5.97 Å². The van der Waals surface area contributed by atoms with Gasteiger partial charge in [0.25, 0.3) is 0 Å².